The van der Waals surface area contributed by atoms with Gasteiger partial charge in [-0.3, -0.25) is 4.79 Å². The van der Waals surface area contributed by atoms with Crippen molar-refractivity contribution in [3.8, 4) is 23.1 Å². The maximum Gasteiger partial charge on any atom is 0.266 e. The molecule has 0 saturated carbocycles. The Morgan fingerprint density at radius 3 is 2.39 bits per heavy atom. The second-order valence-corrected chi connectivity index (χ2v) is 6.17. The molecule has 118 valence electrons. The molecule has 0 amide bonds. The number of nitriles is 1. The van der Waals surface area contributed by atoms with Crippen LogP contribution in [0, 0.1) is 11.3 Å². The number of nitrogens with zero attached hydrogens (tertiary/aromatic N) is 1. The van der Waals surface area contributed by atoms with Crippen LogP contribution in [0.1, 0.15) is 43.4 Å². The average Bonchev–Trinajstić information content (AvgIpc) is 2.54. The van der Waals surface area contributed by atoms with E-state index in [1.165, 1.54) is 0 Å². The average molecular weight is 309 g/mol. The summed E-state index contributed by atoms with van der Waals surface area (Å²) in [5.74, 6) is 0.814. The summed E-state index contributed by atoms with van der Waals surface area (Å²) in [6.07, 6.45) is 3.96. The Morgan fingerprint density at radius 1 is 1.13 bits per heavy atom. The summed E-state index contributed by atoms with van der Waals surface area (Å²) in [6.45, 7) is 3.98. The number of hydrogen-bond donors (Lipinski definition) is 1. The fraction of sp³-hybridized carbons (Fsp3) is 0.368. The summed E-state index contributed by atoms with van der Waals surface area (Å²) in [6, 6.07) is 9.83. The van der Waals surface area contributed by atoms with Gasteiger partial charge in [-0.25, -0.2) is 0 Å². The third-order valence-corrected chi connectivity index (χ3v) is 4.16. The second-order valence-electron chi connectivity index (χ2n) is 6.17. The maximum absolute atomic E-state index is 12.2. The Bertz CT molecular complexity index is 811. The van der Waals surface area contributed by atoms with Crippen LogP contribution in [0.5, 0.6) is 5.75 Å². The van der Waals surface area contributed by atoms with Gasteiger partial charge in [-0.1, -0.05) is 0 Å². The van der Waals surface area contributed by atoms with Crippen molar-refractivity contribution in [2.45, 2.75) is 45.6 Å². The minimum atomic E-state index is -0.286. The fourth-order valence-electron chi connectivity index (χ4n) is 3.18. The van der Waals surface area contributed by atoms with Crippen molar-refractivity contribution in [2.24, 2.45) is 0 Å². The SMILES string of the molecule is CC(C)Oc1ccc(-c2[nH]c(=O)[13c](C#N)c3c2CCCC3)cc1. The molecule has 2 aromatic rings. The molecule has 1 aliphatic rings. The highest BCUT2D eigenvalue weighted by molar-refractivity contribution is 5.67. The number of aromatic amines is 1. The summed E-state index contributed by atoms with van der Waals surface area (Å²) in [5.41, 5.74) is 3.85. The molecule has 3 rings (SSSR count). The molecule has 1 aromatic carbocycles. The fourth-order valence-corrected chi connectivity index (χ4v) is 3.18. The molecule has 0 bridgehead atoms. The summed E-state index contributed by atoms with van der Waals surface area (Å²) in [5, 5.41) is 9.27. The predicted molar refractivity (Wildman–Crippen MR) is 89.6 cm³/mol. The minimum absolute atomic E-state index is 0.128. The molecule has 1 aromatic heterocycles. The van der Waals surface area contributed by atoms with Crippen LogP contribution in [0.3, 0.4) is 0 Å². The lowest BCUT2D eigenvalue weighted by molar-refractivity contribution is 0.242. The molecule has 0 unspecified atom stereocenters. The van der Waals surface area contributed by atoms with Crippen molar-refractivity contribution < 1.29 is 4.74 Å². The third-order valence-electron chi connectivity index (χ3n) is 4.16. The van der Waals surface area contributed by atoms with E-state index in [9.17, 15) is 10.1 Å². The Hall–Kier alpha value is -2.54. The molecule has 0 radical (unpaired) electrons. The van der Waals surface area contributed by atoms with Crippen LogP contribution in [-0.4, -0.2) is 11.1 Å². The van der Waals surface area contributed by atoms with Gasteiger partial charge in [0, 0.05) is 0 Å². The van der Waals surface area contributed by atoms with E-state index in [2.05, 4.69) is 11.1 Å². The Morgan fingerprint density at radius 2 is 1.78 bits per heavy atom. The molecule has 4 heteroatoms. The lowest BCUT2D eigenvalue weighted by atomic mass is 9.90. The number of aromatic nitrogens is 1. The highest BCUT2D eigenvalue weighted by Crippen LogP contribution is 2.31. The number of rotatable bonds is 3. The number of hydrogen-bond acceptors (Lipinski definition) is 3. The molecule has 0 saturated heterocycles. The van der Waals surface area contributed by atoms with Crippen molar-refractivity contribution in [1.82, 2.24) is 4.98 Å². The van der Waals surface area contributed by atoms with Gasteiger partial charge in [-0.15, -0.1) is 0 Å². The number of benzene rings is 1. The van der Waals surface area contributed by atoms with Crippen LogP contribution < -0.4 is 10.3 Å². The van der Waals surface area contributed by atoms with Gasteiger partial charge in [-0.05, 0) is 80.5 Å². The quantitative estimate of drug-likeness (QED) is 0.942. The third kappa shape index (κ3) is 3.00. The van der Waals surface area contributed by atoms with E-state index >= 15 is 0 Å². The van der Waals surface area contributed by atoms with Gasteiger partial charge in [0.1, 0.15) is 17.4 Å². The van der Waals surface area contributed by atoms with E-state index in [0.29, 0.717) is 0 Å². The van der Waals surface area contributed by atoms with Gasteiger partial charge in [-0.2, -0.15) is 5.26 Å². The molecule has 4 nitrogen and oxygen atoms in total. The van der Waals surface area contributed by atoms with E-state index in [4.69, 9.17) is 4.74 Å². The number of fused-ring (bicyclic) bond motifs is 1. The molecule has 0 fully saturated rings. The van der Waals surface area contributed by atoms with Crippen molar-refractivity contribution in [3.63, 3.8) is 0 Å². The Balaban J connectivity index is 2.08. The number of nitrogens with one attached hydrogen (secondary N) is 1. The number of pyridine rings is 1. The molecular formula is C19H20N2O2. The van der Waals surface area contributed by atoms with Crippen molar-refractivity contribution in [2.75, 3.05) is 0 Å². The first-order valence-corrected chi connectivity index (χ1v) is 8.05. The molecular weight excluding hydrogens is 289 g/mol. The largest absolute Gasteiger partial charge is 0.491 e. The van der Waals surface area contributed by atoms with Gasteiger partial charge >= 0.3 is 0 Å². The molecule has 1 N–H and O–H groups in total. The summed E-state index contributed by atoms with van der Waals surface area (Å²) in [4.78, 5) is 15.1. The first-order valence-electron chi connectivity index (χ1n) is 8.05. The van der Waals surface area contributed by atoms with Crippen molar-refractivity contribution in [1.29, 1.82) is 5.26 Å². The van der Waals surface area contributed by atoms with Crippen LogP contribution in [0.4, 0.5) is 0 Å². The highest BCUT2D eigenvalue weighted by atomic mass is 16.5. The Labute approximate surface area is 135 Å². The summed E-state index contributed by atoms with van der Waals surface area (Å²) >= 11 is 0. The second kappa shape index (κ2) is 6.29. The van der Waals surface area contributed by atoms with Crippen molar-refractivity contribution >= 4 is 0 Å². The van der Waals surface area contributed by atoms with Crippen LogP contribution in [0.2, 0.25) is 0 Å². The molecule has 1 heterocycles. The smallest absolute Gasteiger partial charge is 0.266 e. The lowest BCUT2D eigenvalue weighted by Gasteiger charge is -2.20. The zero-order valence-electron chi connectivity index (χ0n) is 13.5. The summed E-state index contributed by atoms with van der Waals surface area (Å²) in [7, 11) is 0. The minimum Gasteiger partial charge on any atom is -0.491 e. The van der Waals surface area contributed by atoms with Crippen LogP contribution in [-0.2, 0) is 12.8 Å². The monoisotopic (exact) mass is 309 g/mol. The van der Waals surface area contributed by atoms with Gasteiger partial charge in [0.2, 0.25) is 0 Å². The normalized spacial score (nSPS) is 13.5. The van der Waals surface area contributed by atoms with Crippen LogP contribution in [0.15, 0.2) is 29.1 Å². The standard InChI is InChI=1S/C19H20N2O2/c1-12(2)23-14-9-7-13(8-10-14)18-16-6-4-3-5-15(16)17(11-20)19(22)21-18/h7-10,12H,3-6H2,1-2H3,(H,21,22)/i17+1. The van der Waals surface area contributed by atoms with Gasteiger partial charge in [0.25, 0.3) is 5.56 Å². The first kappa shape index (κ1) is 15.4. The highest BCUT2D eigenvalue weighted by Gasteiger charge is 2.21. The topological polar surface area (TPSA) is 65.9 Å². The molecule has 0 spiro atoms. The molecule has 1 aliphatic carbocycles. The van der Waals surface area contributed by atoms with E-state index in [0.717, 1.165) is 53.8 Å². The predicted octanol–water partition coefficient (Wildman–Crippen LogP) is 3.58. The molecule has 0 aliphatic heterocycles. The zero-order valence-corrected chi connectivity index (χ0v) is 13.5. The molecule has 0 atom stereocenters. The molecule has 23 heavy (non-hydrogen) atoms. The van der Waals surface area contributed by atoms with Crippen LogP contribution in [0.25, 0.3) is 11.3 Å². The number of H-pyrrole nitrogens is 1. The maximum atomic E-state index is 12.2. The van der Waals surface area contributed by atoms with E-state index in [-0.39, 0.29) is 17.2 Å². The van der Waals surface area contributed by atoms with Gasteiger partial charge < -0.3 is 9.72 Å². The Kier molecular flexibility index (Phi) is 4.20. The van der Waals surface area contributed by atoms with Crippen LogP contribution >= 0.6 is 0 Å². The lowest BCUT2D eigenvalue weighted by Crippen LogP contribution is -2.20. The van der Waals surface area contributed by atoms with E-state index < -0.39 is 0 Å². The zero-order chi connectivity index (χ0) is 16.4. The first-order chi connectivity index (χ1) is 11.1. The van der Waals surface area contributed by atoms with Crippen molar-refractivity contribution in [3.05, 3.63) is 51.3 Å². The van der Waals surface area contributed by atoms with Gasteiger partial charge in [0.05, 0.1) is 11.8 Å². The van der Waals surface area contributed by atoms with E-state index in [1.807, 2.05) is 38.1 Å². The van der Waals surface area contributed by atoms with Gasteiger partial charge in [0.15, 0.2) is 0 Å². The van der Waals surface area contributed by atoms with E-state index in [1.54, 1.807) is 0 Å². The number of ether oxygens (including phenoxy) is 1. The summed E-state index contributed by atoms with van der Waals surface area (Å²) < 4.78 is 5.66.